The second-order valence-electron chi connectivity index (χ2n) is 7.17. The maximum absolute atomic E-state index is 12.5. The first-order valence-corrected chi connectivity index (χ1v) is 8.40. The van der Waals surface area contributed by atoms with Crippen LogP contribution in [0.5, 0.6) is 0 Å². The highest BCUT2D eigenvalue weighted by Gasteiger charge is 2.50. The summed E-state index contributed by atoms with van der Waals surface area (Å²) in [6, 6.07) is 11.4. The van der Waals surface area contributed by atoms with E-state index in [0.717, 1.165) is 19.4 Å². The summed E-state index contributed by atoms with van der Waals surface area (Å²) >= 11 is 0. The standard InChI is InChI=1S/C18H24N2O2/c1-13-17(21)20(11-14-5-3-2-4-6-14)12-18(22-13)9-15-7-8-16(10-18)19-15/h2-6,13,15-16,19H,7-12H2,1H3. The summed E-state index contributed by atoms with van der Waals surface area (Å²) in [5.41, 5.74) is 1.05. The third-order valence-corrected chi connectivity index (χ3v) is 5.35. The molecule has 22 heavy (non-hydrogen) atoms. The van der Waals surface area contributed by atoms with Crippen LogP contribution in [0.15, 0.2) is 30.3 Å². The second-order valence-corrected chi connectivity index (χ2v) is 7.17. The van der Waals surface area contributed by atoms with Crippen molar-refractivity contribution in [3.05, 3.63) is 35.9 Å². The second kappa shape index (κ2) is 5.36. The summed E-state index contributed by atoms with van der Waals surface area (Å²) in [7, 11) is 0. The van der Waals surface area contributed by atoms with Crippen molar-refractivity contribution in [2.75, 3.05) is 6.54 Å². The van der Waals surface area contributed by atoms with Crippen LogP contribution in [0.2, 0.25) is 0 Å². The van der Waals surface area contributed by atoms with Crippen LogP contribution >= 0.6 is 0 Å². The molecule has 1 spiro atoms. The molecule has 0 saturated carbocycles. The fourth-order valence-electron chi connectivity index (χ4n) is 4.51. The van der Waals surface area contributed by atoms with E-state index in [4.69, 9.17) is 4.74 Å². The molecule has 0 aromatic heterocycles. The van der Waals surface area contributed by atoms with Gasteiger partial charge in [-0.15, -0.1) is 0 Å². The Bertz CT molecular complexity index is 547. The average molecular weight is 300 g/mol. The first kappa shape index (κ1) is 14.2. The molecule has 2 bridgehead atoms. The Labute approximate surface area is 131 Å². The molecule has 1 aromatic rings. The average Bonchev–Trinajstić information content (AvgIpc) is 2.85. The van der Waals surface area contributed by atoms with Crippen molar-refractivity contribution in [2.24, 2.45) is 0 Å². The number of morpholine rings is 1. The first-order valence-electron chi connectivity index (χ1n) is 8.40. The normalized spacial score (nSPS) is 37.8. The van der Waals surface area contributed by atoms with Gasteiger partial charge in [0.2, 0.25) is 0 Å². The van der Waals surface area contributed by atoms with E-state index in [-0.39, 0.29) is 17.6 Å². The van der Waals surface area contributed by atoms with E-state index in [9.17, 15) is 4.79 Å². The number of piperidine rings is 1. The Morgan fingerprint density at radius 3 is 2.59 bits per heavy atom. The van der Waals surface area contributed by atoms with Crippen molar-refractivity contribution in [1.82, 2.24) is 10.2 Å². The summed E-state index contributed by atoms with van der Waals surface area (Å²) in [4.78, 5) is 14.5. The van der Waals surface area contributed by atoms with Gasteiger partial charge in [0, 0.05) is 18.6 Å². The van der Waals surface area contributed by atoms with E-state index in [2.05, 4.69) is 17.4 Å². The Morgan fingerprint density at radius 2 is 1.91 bits per heavy atom. The fourth-order valence-corrected chi connectivity index (χ4v) is 4.51. The highest BCUT2D eigenvalue weighted by Crippen LogP contribution is 2.40. The number of nitrogens with zero attached hydrogens (tertiary/aromatic N) is 1. The first-order chi connectivity index (χ1) is 10.6. The van der Waals surface area contributed by atoms with Gasteiger partial charge in [0.25, 0.3) is 5.91 Å². The number of nitrogens with one attached hydrogen (secondary N) is 1. The van der Waals surface area contributed by atoms with Crippen LogP contribution in [0.3, 0.4) is 0 Å². The van der Waals surface area contributed by atoms with Gasteiger partial charge in [0.05, 0.1) is 12.1 Å². The van der Waals surface area contributed by atoms with Gasteiger partial charge in [-0.2, -0.15) is 0 Å². The molecule has 4 rings (SSSR count). The monoisotopic (exact) mass is 300 g/mol. The Hall–Kier alpha value is -1.39. The number of hydrogen-bond acceptors (Lipinski definition) is 3. The van der Waals surface area contributed by atoms with Crippen LogP contribution in [0.4, 0.5) is 0 Å². The van der Waals surface area contributed by atoms with E-state index in [0.29, 0.717) is 18.6 Å². The van der Waals surface area contributed by atoms with Gasteiger partial charge in [0.1, 0.15) is 6.10 Å². The lowest BCUT2D eigenvalue weighted by Crippen LogP contribution is -2.62. The number of rotatable bonds is 2. The predicted octanol–water partition coefficient (Wildman–Crippen LogP) is 2.09. The third kappa shape index (κ3) is 2.55. The molecule has 3 heterocycles. The zero-order chi connectivity index (χ0) is 15.2. The largest absolute Gasteiger partial charge is 0.360 e. The van der Waals surface area contributed by atoms with Crippen LogP contribution in [0, 0.1) is 0 Å². The highest BCUT2D eigenvalue weighted by atomic mass is 16.5. The lowest BCUT2D eigenvalue weighted by molar-refractivity contribution is -0.189. The van der Waals surface area contributed by atoms with Crippen molar-refractivity contribution in [3.63, 3.8) is 0 Å². The van der Waals surface area contributed by atoms with Crippen molar-refractivity contribution < 1.29 is 9.53 Å². The van der Waals surface area contributed by atoms with Crippen molar-refractivity contribution in [1.29, 1.82) is 0 Å². The predicted molar refractivity (Wildman–Crippen MR) is 84.3 cm³/mol. The molecule has 1 aromatic carbocycles. The van der Waals surface area contributed by atoms with Gasteiger partial charge in [-0.05, 0) is 38.2 Å². The number of amides is 1. The molecule has 1 amide bonds. The Balaban J connectivity index is 1.55. The van der Waals surface area contributed by atoms with Gasteiger partial charge in [-0.3, -0.25) is 4.79 Å². The van der Waals surface area contributed by atoms with Gasteiger partial charge in [-0.25, -0.2) is 0 Å². The van der Waals surface area contributed by atoms with Crippen molar-refractivity contribution in [3.8, 4) is 0 Å². The molecule has 0 aliphatic carbocycles. The van der Waals surface area contributed by atoms with Gasteiger partial charge < -0.3 is 15.0 Å². The highest BCUT2D eigenvalue weighted by molar-refractivity contribution is 5.81. The summed E-state index contributed by atoms with van der Waals surface area (Å²) in [6.07, 6.45) is 4.24. The summed E-state index contributed by atoms with van der Waals surface area (Å²) < 4.78 is 6.24. The van der Waals surface area contributed by atoms with E-state index in [1.807, 2.05) is 30.0 Å². The lowest BCUT2D eigenvalue weighted by atomic mass is 9.85. The molecule has 3 fully saturated rings. The van der Waals surface area contributed by atoms with Gasteiger partial charge in [-0.1, -0.05) is 30.3 Å². The molecule has 3 unspecified atom stereocenters. The molecular weight excluding hydrogens is 276 g/mol. The SMILES string of the molecule is CC1OC2(CC3CCC(C2)N3)CN(Cc2ccccc2)C1=O. The summed E-state index contributed by atoms with van der Waals surface area (Å²) in [5.74, 6) is 0.125. The Kier molecular flexibility index (Phi) is 3.46. The smallest absolute Gasteiger partial charge is 0.251 e. The molecule has 3 aliphatic heterocycles. The maximum atomic E-state index is 12.5. The van der Waals surface area contributed by atoms with Gasteiger partial charge >= 0.3 is 0 Å². The third-order valence-electron chi connectivity index (χ3n) is 5.35. The molecule has 0 radical (unpaired) electrons. The van der Waals surface area contributed by atoms with E-state index in [1.165, 1.54) is 18.4 Å². The Morgan fingerprint density at radius 1 is 1.23 bits per heavy atom. The van der Waals surface area contributed by atoms with Crippen LogP contribution in [-0.2, 0) is 16.1 Å². The number of benzene rings is 1. The van der Waals surface area contributed by atoms with Crippen LogP contribution < -0.4 is 5.32 Å². The number of hydrogen-bond donors (Lipinski definition) is 1. The van der Waals surface area contributed by atoms with Crippen LogP contribution in [0.1, 0.15) is 38.2 Å². The maximum Gasteiger partial charge on any atom is 0.251 e. The number of carbonyl (C=O) groups is 1. The molecule has 3 atom stereocenters. The topological polar surface area (TPSA) is 41.6 Å². The van der Waals surface area contributed by atoms with E-state index < -0.39 is 0 Å². The zero-order valence-electron chi connectivity index (χ0n) is 13.1. The molecule has 1 N–H and O–H groups in total. The molecular formula is C18H24N2O2. The summed E-state index contributed by atoms with van der Waals surface area (Å²) in [5, 5.41) is 3.67. The van der Waals surface area contributed by atoms with Gasteiger partial charge in [0.15, 0.2) is 0 Å². The minimum Gasteiger partial charge on any atom is -0.360 e. The minimum atomic E-state index is -0.324. The van der Waals surface area contributed by atoms with E-state index >= 15 is 0 Å². The zero-order valence-corrected chi connectivity index (χ0v) is 13.1. The van der Waals surface area contributed by atoms with Crippen molar-refractivity contribution in [2.45, 2.75) is 62.9 Å². The molecule has 118 valence electrons. The molecule has 3 saturated heterocycles. The molecule has 4 nitrogen and oxygen atoms in total. The fraction of sp³-hybridized carbons (Fsp3) is 0.611. The number of carbonyl (C=O) groups excluding carboxylic acids is 1. The quantitative estimate of drug-likeness (QED) is 0.909. The number of ether oxygens (including phenoxy) is 1. The van der Waals surface area contributed by atoms with E-state index in [1.54, 1.807) is 0 Å². The number of fused-ring (bicyclic) bond motifs is 2. The molecule has 3 aliphatic rings. The summed E-state index contributed by atoms with van der Waals surface area (Å²) in [6.45, 7) is 3.34. The van der Waals surface area contributed by atoms with Crippen LogP contribution in [-0.4, -0.2) is 41.1 Å². The lowest BCUT2D eigenvalue weighted by Gasteiger charge is -2.49. The minimum absolute atomic E-state index is 0.125. The molecule has 4 heteroatoms. The van der Waals surface area contributed by atoms with Crippen LogP contribution in [0.25, 0.3) is 0 Å². The van der Waals surface area contributed by atoms with Crippen molar-refractivity contribution >= 4 is 5.91 Å².